The number of nitrogens with zero attached hydrogens (tertiary/aromatic N) is 4. The zero-order chi connectivity index (χ0) is 26.0. The van der Waals surface area contributed by atoms with Crippen LogP contribution in [0.4, 0.5) is 10.3 Å². The van der Waals surface area contributed by atoms with Crippen LogP contribution in [0.2, 0.25) is 0 Å². The molecule has 10 nitrogen and oxygen atoms in total. The molecule has 5 aromatic rings. The van der Waals surface area contributed by atoms with E-state index >= 15 is 0 Å². The standard InChI is InChI=1S/C24H21FN6O4S2/c25-18-7-2-15(14-20(18)33)21-22(31-12-13-36-24(31)30-21)19-8-11-27-23(29-19)26-9-1-10-28-37(34,35)17-5-3-16(32)4-6-17/h2-8,11-14,28,32-33H,1,9-10H2,(H,26,27,29). The van der Waals surface area contributed by atoms with Crippen LogP contribution in [0.15, 0.2) is 71.2 Å². The summed E-state index contributed by atoms with van der Waals surface area (Å²) in [5, 5.41) is 24.2. The number of imidazole rings is 1. The lowest BCUT2D eigenvalue weighted by Gasteiger charge is -2.09. The molecular formula is C24H21FN6O4S2. The van der Waals surface area contributed by atoms with Gasteiger partial charge < -0.3 is 15.5 Å². The predicted octanol–water partition coefficient (Wildman–Crippen LogP) is 3.85. The third kappa shape index (κ3) is 5.23. The van der Waals surface area contributed by atoms with Gasteiger partial charge in [0.15, 0.2) is 16.5 Å². The van der Waals surface area contributed by atoms with Crippen LogP contribution in [0.25, 0.3) is 27.6 Å². The maximum Gasteiger partial charge on any atom is 0.240 e. The van der Waals surface area contributed by atoms with E-state index in [2.05, 4.69) is 25.0 Å². The lowest BCUT2D eigenvalue weighted by Crippen LogP contribution is -2.26. The minimum Gasteiger partial charge on any atom is -0.508 e. The highest BCUT2D eigenvalue weighted by Gasteiger charge is 2.19. The Balaban J connectivity index is 1.29. The van der Waals surface area contributed by atoms with E-state index in [1.165, 1.54) is 47.7 Å². The summed E-state index contributed by atoms with van der Waals surface area (Å²) in [6, 6.07) is 11.1. The number of nitrogens with one attached hydrogen (secondary N) is 2. The number of hydrogen-bond acceptors (Lipinski definition) is 9. The smallest absolute Gasteiger partial charge is 0.240 e. The molecule has 37 heavy (non-hydrogen) atoms. The molecule has 0 fully saturated rings. The lowest BCUT2D eigenvalue weighted by atomic mass is 10.1. The van der Waals surface area contributed by atoms with Crippen LogP contribution in [0.3, 0.4) is 0 Å². The minimum atomic E-state index is -3.68. The molecule has 5 rings (SSSR count). The number of sulfonamides is 1. The van der Waals surface area contributed by atoms with E-state index in [1.54, 1.807) is 18.3 Å². The first kappa shape index (κ1) is 24.6. The van der Waals surface area contributed by atoms with Gasteiger partial charge in [-0.15, -0.1) is 11.3 Å². The molecule has 0 atom stereocenters. The van der Waals surface area contributed by atoms with Crippen LogP contribution in [0.1, 0.15) is 6.42 Å². The summed E-state index contributed by atoms with van der Waals surface area (Å²) in [6.07, 6.45) is 3.91. The second-order valence-corrected chi connectivity index (χ2v) is 10.6. The number of rotatable bonds is 9. The molecule has 0 radical (unpaired) electrons. The first-order chi connectivity index (χ1) is 17.8. The van der Waals surface area contributed by atoms with Crippen molar-refractivity contribution in [3.63, 3.8) is 0 Å². The van der Waals surface area contributed by atoms with Crippen molar-refractivity contribution >= 4 is 32.3 Å². The summed E-state index contributed by atoms with van der Waals surface area (Å²) in [6.45, 7) is 0.590. The van der Waals surface area contributed by atoms with Crippen molar-refractivity contribution in [2.24, 2.45) is 0 Å². The lowest BCUT2D eigenvalue weighted by molar-refractivity contribution is 0.432. The second kappa shape index (κ2) is 10.1. The highest BCUT2D eigenvalue weighted by Crippen LogP contribution is 2.35. The number of anilines is 1. The summed E-state index contributed by atoms with van der Waals surface area (Å²) < 4.78 is 42.7. The molecule has 0 unspecified atom stereocenters. The number of halogens is 1. The van der Waals surface area contributed by atoms with Crippen LogP contribution in [0, 0.1) is 5.82 Å². The number of phenolic OH excluding ortho intramolecular Hbond substituents is 2. The number of aromatic hydroxyl groups is 2. The number of benzene rings is 2. The molecule has 3 aromatic heterocycles. The SMILES string of the molecule is O=S(=O)(NCCCNc1nccc(-c2c(-c3ccc(F)c(O)c3)nc3sccn23)n1)c1ccc(O)cc1. The van der Waals surface area contributed by atoms with Crippen molar-refractivity contribution in [2.75, 3.05) is 18.4 Å². The van der Waals surface area contributed by atoms with E-state index in [9.17, 15) is 23.0 Å². The quantitative estimate of drug-likeness (QED) is 0.207. The Morgan fingerprint density at radius 1 is 1.03 bits per heavy atom. The largest absolute Gasteiger partial charge is 0.508 e. The molecule has 190 valence electrons. The van der Waals surface area contributed by atoms with Gasteiger partial charge in [-0.3, -0.25) is 4.40 Å². The molecule has 4 N–H and O–H groups in total. The van der Waals surface area contributed by atoms with E-state index in [0.717, 1.165) is 0 Å². The van der Waals surface area contributed by atoms with Gasteiger partial charge >= 0.3 is 0 Å². The van der Waals surface area contributed by atoms with Gasteiger partial charge in [-0.05, 0) is 55.0 Å². The number of fused-ring (bicyclic) bond motifs is 1. The maximum absolute atomic E-state index is 13.6. The topological polar surface area (TPSA) is 142 Å². The zero-order valence-corrected chi connectivity index (χ0v) is 20.8. The number of phenols is 2. The van der Waals surface area contributed by atoms with Crippen molar-refractivity contribution < 1.29 is 23.0 Å². The second-order valence-electron chi connectivity index (χ2n) is 7.97. The monoisotopic (exact) mass is 540 g/mol. The Hall–Kier alpha value is -4.07. The molecule has 0 aliphatic heterocycles. The Bertz CT molecular complexity index is 1670. The molecule has 0 aliphatic rings. The van der Waals surface area contributed by atoms with Crippen molar-refractivity contribution in [3.8, 4) is 34.1 Å². The fourth-order valence-corrected chi connectivity index (χ4v) is 5.46. The third-order valence-electron chi connectivity index (χ3n) is 5.46. The van der Waals surface area contributed by atoms with Gasteiger partial charge in [0.2, 0.25) is 16.0 Å². The minimum absolute atomic E-state index is 0.0102. The first-order valence-corrected chi connectivity index (χ1v) is 13.5. The normalized spacial score (nSPS) is 11.7. The molecule has 2 aromatic carbocycles. The summed E-state index contributed by atoms with van der Waals surface area (Å²) in [7, 11) is -3.68. The Labute approximate surface area is 215 Å². The Morgan fingerprint density at radius 3 is 2.62 bits per heavy atom. The number of hydrogen-bond donors (Lipinski definition) is 4. The first-order valence-electron chi connectivity index (χ1n) is 11.1. The fourth-order valence-electron chi connectivity index (χ4n) is 3.67. The zero-order valence-electron chi connectivity index (χ0n) is 19.2. The molecule has 0 spiro atoms. The number of aromatic nitrogens is 4. The summed E-state index contributed by atoms with van der Waals surface area (Å²) in [5.74, 6) is -0.850. The van der Waals surface area contributed by atoms with Crippen LogP contribution < -0.4 is 10.0 Å². The fraction of sp³-hybridized carbons (Fsp3) is 0.125. The predicted molar refractivity (Wildman–Crippen MR) is 138 cm³/mol. The highest BCUT2D eigenvalue weighted by molar-refractivity contribution is 7.89. The molecule has 0 amide bonds. The van der Waals surface area contributed by atoms with E-state index in [-0.39, 0.29) is 17.2 Å². The van der Waals surface area contributed by atoms with Crippen LogP contribution in [-0.2, 0) is 10.0 Å². The van der Waals surface area contributed by atoms with Crippen LogP contribution in [0.5, 0.6) is 11.5 Å². The average molecular weight is 541 g/mol. The molecule has 13 heteroatoms. The van der Waals surface area contributed by atoms with Crippen molar-refractivity contribution in [3.05, 3.63) is 72.1 Å². The summed E-state index contributed by atoms with van der Waals surface area (Å²) in [4.78, 5) is 14.3. The van der Waals surface area contributed by atoms with E-state index in [4.69, 9.17) is 0 Å². The third-order valence-corrected chi connectivity index (χ3v) is 7.69. The van der Waals surface area contributed by atoms with Gasteiger partial charge in [-0.2, -0.15) is 0 Å². The maximum atomic E-state index is 13.6. The van der Waals surface area contributed by atoms with Gasteiger partial charge in [0.1, 0.15) is 11.4 Å². The van der Waals surface area contributed by atoms with Crippen molar-refractivity contribution in [2.45, 2.75) is 11.3 Å². The van der Waals surface area contributed by atoms with Crippen LogP contribution in [-0.4, -0.2) is 51.1 Å². The van der Waals surface area contributed by atoms with Crippen molar-refractivity contribution in [1.82, 2.24) is 24.1 Å². The van der Waals surface area contributed by atoms with Gasteiger partial charge in [0, 0.05) is 36.4 Å². The summed E-state index contributed by atoms with van der Waals surface area (Å²) >= 11 is 1.43. The van der Waals surface area contributed by atoms with Gasteiger partial charge in [-0.1, -0.05) is 0 Å². The molecule has 0 saturated carbocycles. The Kier molecular flexibility index (Phi) is 6.74. The van der Waals surface area contributed by atoms with Crippen LogP contribution >= 0.6 is 11.3 Å². The van der Waals surface area contributed by atoms with Gasteiger partial charge in [0.05, 0.1) is 16.3 Å². The molecular weight excluding hydrogens is 519 g/mol. The van der Waals surface area contributed by atoms with Crippen molar-refractivity contribution in [1.29, 1.82) is 0 Å². The number of thiazole rings is 1. The van der Waals surface area contributed by atoms with Gasteiger partial charge in [0.25, 0.3) is 0 Å². The molecule has 0 saturated heterocycles. The highest BCUT2D eigenvalue weighted by atomic mass is 32.2. The summed E-state index contributed by atoms with van der Waals surface area (Å²) in [5.41, 5.74) is 2.30. The van der Waals surface area contributed by atoms with Gasteiger partial charge in [-0.25, -0.2) is 32.5 Å². The van der Waals surface area contributed by atoms with E-state index in [1.807, 2.05) is 16.0 Å². The average Bonchev–Trinajstić information content (AvgIpc) is 3.47. The Morgan fingerprint density at radius 2 is 1.84 bits per heavy atom. The molecule has 0 aliphatic carbocycles. The van der Waals surface area contributed by atoms with E-state index in [0.29, 0.717) is 46.5 Å². The van der Waals surface area contributed by atoms with E-state index < -0.39 is 21.6 Å². The molecule has 3 heterocycles. The molecule has 0 bridgehead atoms.